The van der Waals surface area contributed by atoms with E-state index in [0.717, 1.165) is 18.2 Å². The first-order chi connectivity index (χ1) is 8.81. The Morgan fingerprint density at radius 1 is 1.58 bits per heavy atom. The topological polar surface area (TPSA) is 110 Å². The molecule has 1 amide bonds. The molecular formula is C11H14N2O5S. The average molecular weight is 286 g/mol. The van der Waals surface area contributed by atoms with E-state index in [2.05, 4.69) is 5.32 Å². The lowest BCUT2D eigenvalue weighted by Crippen LogP contribution is -2.36. The van der Waals surface area contributed by atoms with Crippen molar-refractivity contribution in [3.8, 4) is 5.75 Å². The number of benzene rings is 1. The lowest BCUT2D eigenvalue weighted by Gasteiger charge is -2.12. The van der Waals surface area contributed by atoms with Crippen LogP contribution in [-0.4, -0.2) is 38.2 Å². The predicted molar refractivity (Wildman–Crippen MR) is 70.6 cm³/mol. The van der Waals surface area contributed by atoms with Gasteiger partial charge in [-0.3, -0.25) is 19.1 Å². The van der Waals surface area contributed by atoms with Crippen molar-refractivity contribution in [1.82, 2.24) is 5.32 Å². The van der Waals surface area contributed by atoms with E-state index in [4.69, 9.17) is 0 Å². The highest BCUT2D eigenvalue weighted by atomic mass is 32.2. The Morgan fingerprint density at radius 2 is 2.21 bits per heavy atom. The number of phenolic OH excluding ortho intramolecular Hbond substituents is 1. The molecule has 0 aliphatic rings. The average Bonchev–Trinajstić information content (AvgIpc) is 2.26. The van der Waals surface area contributed by atoms with Gasteiger partial charge in [0.05, 0.1) is 4.92 Å². The number of carbonyl (C=O) groups excluding carboxylic acids is 1. The number of nitro benzene ring substituents is 1. The lowest BCUT2D eigenvalue weighted by atomic mass is 10.1. The molecule has 104 valence electrons. The second-order valence-corrected chi connectivity index (χ2v) is 5.55. The van der Waals surface area contributed by atoms with Crippen molar-refractivity contribution in [3.05, 3.63) is 33.9 Å². The third-order valence-corrected chi connectivity index (χ3v) is 3.25. The molecular weight excluding hydrogens is 272 g/mol. The summed E-state index contributed by atoms with van der Waals surface area (Å²) in [6, 6.07) is 2.84. The van der Waals surface area contributed by atoms with Crippen molar-refractivity contribution in [1.29, 1.82) is 0 Å². The molecule has 19 heavy (non-hydrogen) atoms. The molecule has 0 fully saturated rings. The Morgan fingerprint density at radius 3 is 2.74 bits per heavy atom. The molecule has 2 atom stereocenters. The summed E-state index contributed by atoms with van der Waals surface area (Å²) < 4.78 is 11.0. The van der Waals surface area contributed by atoms with E-state index in [1.807, 2.05) is 0 Å². The highest BCUT2D eigenvalue weighted by Crippen LogP contribution is 2.23. The van der Waals surface area contributed by atoms with Gasteiger partial charge in [-0.05, 0) is 19.1 Å². The van der Waals surface area contributed by atoms with Crippen LogP contribution in [-0.2, 0) is 10.8 Å². The van der Waals surface area contributed by atoms with E-state index < -0.39 is 21.6 Å². The maximum Gasteiger partial charge on any atom is 0.282 e. The number of hydrogen-bond donors (Lipinski definition) is 2. The van der Waals surface area contributed by atoms with Crippen molar-refractivity contribution in [3.63, 3.8) is 0 Å². The number of amides is 1. The normalized spacial score (nSPS) is 13.6. The third kappa shape index (κ3) is 4.32. The van der Waals surface area contributed by atoms with Crippen LogP contribution in [0.25, 0.3) is 0 Å². The first-order valence-corrected chi connectivity index (χ1v) is 7.12. The number of nitro groups is 1. The molecule has 0 radical (unpaired) electrons. The van der Waals surface area contributed by atoms with Gasteiger partial charge in [-0.2, -0.15) is 0 Å². The fourth-order valence-corrected chi connectivity index (χ4v) is 2.35. The molecule has 2 unspecified atom stereocenters. The van der Waals surface area contributed by atoms with Crippen LogP contribution in [0, 0.1) is 10.1 Å². The van der Waals surface area contributed by atoms with Crippen LogP contribution >= 0.6 is 0 Å². The standard InChI is InChI=1S/C11H14N2O5S/c1-7(6-19(2)18)12-11(15)9-5-8(14)3-4-10(9)13(16)17/h3-5,7,14H,6H2,1-2H3,(H,12,15). The van der Waals surface area contributed by atoms with E-state index in [1.165, 1.54) is 6.26 Å². The monoisotopic (exact) mass is 286 g/mol. The minimum absolute atomic E-state index is 0.223. The van der Waals surface area contributed by atoms with Crippen LogP contribution < -0.4 is 5.32 Å². The molecule has 7 nitrogen and oxygen atoms in total. The molecule has 0 heterocycles. The SMILES string of the molecule is CC(CS(C)=O)NC(=O)c1cc(O)ccc1[N+](=O)[O-]. The van der Waals surface area contributed by atoms with Crippen LogP contribution in [0.1, 0.15) is 17.3 Å². The number of nitrogens with one attached hydrogen (secondary N) is 1. The molecule has 1 aromatic rings. The Bertz CT molecular complexity index is 532. The summed E-state index contributed by atoms with van der Waals surface area (Å²) in [4.78, 5) is 22.0. The van der Waals surface area contributed by atoms with Gasteiger partial charge in [-0.25, -0.2) is 0 Å². The van der Waals surface area contributed by atoms with Gasteiger partial charge in [0.1, 0.15) is 11.3 Å². The van der Waals surface area contributed by atoms with Crippen LogP contribution in [0.15, 0.2) is 18.2 Å². The minimum Gasteiger partial charge on any atom is -0.508 e. The predicted octanol–water partition coefficient (Wildman–Crippen LogP) is 0.797. The maximum absolute atomic E-state index is 11.9. The number of carbonyl (C=O) groups is 1. The Balaban J connectivity index is 2.95. The number of nitrogens with zero attached hydrogens (tertiary/aromatic N) is 1. The lowest BCUT2D eigenvalue weighted by molar-refractivity contribution is -0.385. The van der Waals surface area contributed by atoms with Crippen LogP contribution in [0.5, 0.6) is 5.75 Å². The number of phenols is 1. The van der Waals surface area contributed by atoms with E-state index >= 15 is 0 Å². The minimum atomic E-state index is -1.08. The van der Waals surface area contributed by atoms with Gasteiger partial charge in [0.2, 0.25) is 0 Å². The van der Waals surface area contributed by atoms with Crippen LogP contribution in [0.4, 0.5) is 5.69 Å². The van der Waals surface area contributed by atoms with E-state index in [-0.39, 0.29) is 28.8 Å². The van der Waals surface area contributed by atoms with E-state index in [1.54, 1.807) is 6.92 Å². The quantitative estimate of drug-likeness (QED) is 0.614. The van der Waals surface area contributed by atoms with Gasteiger partial charge in [0.25, 0.3) is 11.6 Å². The van der Waals surface area contributed by atoms with Crippen LogP contribution in [0.3, 0.4) is 0 Å². The number of hydrogen-bond acceptors (Lipinski definition) is 5. The van der Waals surface area contributed by atoms with E-state index in [9.17, 15) is 24.2 Å². The van der Waals surface area contributed by atoms with Gasteiger partial charge < -0.3 is 10.4 Å². The molecule has 0 aromatic heterocycles. The Hall–Kier alpha value is -1.96. The molecule has 0 aliphatic heterocycles. The summed E-state index contributed by atoms with van der Waals surface area (Å²) in [7, 11) is -1.08. The molecule has 0 bridgehead atoms. The van der Waals surface area contributed by atoms with Gasteiger partial charge in [-0.15, -0.1) is 0 Å². The zero-order valence-electron chi connectivity index (χ0n) is 10.5. The summed E-state index contributed by atoms with van der Waals surface area (Å²) in [6.45, 7) is 1.65. The van der Waals surface area contributed by atoms with Crippen molar-refractivity contribution >= 4 is 22.4 Å². The summed E-state index contributed by atoms with van der Waals surface area (Å²) in [5.74, 6) is -0.666. The fraction of sp³-hybridized carbons (Fsp3) is 0.364. The molecule has 0 saturated carbocycles. The zero-order valence-corrected chi connectivity index (χ0v) is 11.3. The highest BCUT2D eigenvalue weighted by Gasteiger charge is 2.22. The molecule has 0 spiro atoms. The first kappa shape index (κ1) is 15.1. The molecule has 0 aliphatic carbocycles. The van der Waals surface area contributed by atoms with Gasteiger partial charge in [-0.1, -0.05) is 0 Å². The molecule has 0 saturated heterocycles. The smallest absolute Gasteiger partial charge is 0.282 e. The molecule has 1 rings (SSSR count). The van der Waals surface area contributed by atoms with E-state index in [0.29, 0.717) is 0 Å². The Kier molecular flexibility index (Phi) is 4.99. The van der Waals surface area contributed by atoms with Crippen LogP contribution in [0.2, 0.25) is 0 Å². The van der Waals surface area contributed by atoms with Crippen molar-refractivity contribution in [2.45, 2.75) is 13.0 Å². The molecule has 8 heteroatoms. The van der Waals surface area contributed by atoms with Crippen molar-refractivity contribution in [2.24, 2.45) is 0 Å². The van der Waals surface area contributed by atoms with Gasteiger partial charge in [0, 0.05) is 34.9 Å². The van der Waals surface area contributed by atoms with Gasteiger partial charge >= 0.3 is 0 Å². The van der Waals surface area contributed by atoms with Crippen molar-refractivity contribution < 1.29 is 19.0 Å². The largest absolute Gasteiger partial charge is 0.508 e. The number of aromatic hydroxyl groups is 1. The summed E-state index contributed by atoms with van der Waals surface area (Å²) in [5, 5.41) is 22.6. The maximum atomic E-state index is 11.9. The summed E-state index contributed by atoms with van der Waals surface area (Å²) in [5.41, 5.74) is -0.612. The second-order valence-electron chi connectivity index (χ2n) is 4.07. The molecule has 1 aromatic carbocycles. The summed E-state index contributed by atoms with van der Waals surface area (Å²) in [6.07, 6.45) is 1.50. The zero-order chi connectivity index (χ0) is 14.6. The first-order valence-electron chi connectivity index (χ1n) is 5.39. The number of rotatable bonds is 5. The highest BCUT2D eigenvalue weighted by molar-refractivity contribution is 7.84. The summed E-state index contributed by atoms with van der Waals surface area (Å²) >= 11 is 0. The second kappa shape index (κ2) is 6.28. The van der Waals surface area contributed by atoms with Crippen molar-refractivity contribution in [2.75, 3.05) is 12.0 Å². The molecule has 2 N–H and O–H groups in total. The third-order valence-electron chi connectivity index (χ3n) is 2.28. The Labute approximate surface area is 112 Å². The van der Waals surface area contributed by atoms with Gasteiger partial charge in [0.15, 0.2) is 0 Å². The fourth-order valence-electron chi connectivity index (χ4n) is 1.56.